The van der Waals surface area contributed by atoms with Crippen LogP contribution < -0.4 is 4.74 Å². The maximum Gasteiger partial charge on any atom is 0.328 e. The lowest BCUT2D eigenvalue weighted by Gasteiger charge is -2.33. The molecule has 1 saturated carbocycles. The second-order valence-corrected chi connectivity index (χ2v) is 7.83. The Morgan fingerprint density at radius 1 is 1.17 bits per heavy atom. The van der Waals surface area contributed by atoms with Crippen LogP contribution in [0, 0.1) is 5.92 Å². The fourth-order valence-corrected chi connectivity index (χ4v) is 3.85. The van der Waals surface area contributed by atoms with Crippen LogP contribution in [0.5, 0.6) is 5.75 Å². The van der Waals surface area contributed by atoms with Gasteiger partial charge in [-0.05, 0) is 58.0 Å². The monoisotopic (exact) mass is 425 g/mol. The summed E-state index contributed by atoms with van der Waals surface area (Å²) in [4.78, 5) is 21.4. The standard InChI is InChI=1S/C18H28ClNO.C4H4O4/c1-4-21-18-11-10-15(19)12-16(18)17(13-20(2)3)14-8-6-5-7-9-14;5-3(6)1-2-4(7)8/h10-12,14,17H,4-9,13H2,1-3H3;1-2H,(H,5,6)(H,7,8)/b;2-1-. The first kappa shape index (κ1) is 25.0. The average molecular weight is 426 g/mol. The lowest BCUT2D eigenvalue weighted by molar-refractivity contribution is -0.134. The van der Waals surface area contributed by atoms with E-state index in [1.807, 2.05) is 19.1 Å². The van der Waals surface area contributed by atoms with Gasteiger partial charge in [0.05, 0.1) is 6.61 Å². The van der Waals surface area contributed by atoms with Gasteiger partial charge in [-0.2, -0.15) is 0 Å². The van der Waals surface area contributed by atoms with Gasteiger partial charge in [-0.15, -0.1) is 0 Å². The van der Waals surface area contributed by atoms with Gasteiger partial charge in [0.25, 0.3) is 0 Å². The summed E-state index contributed by atoms with van der Waals surface area (Å²) in [6, 6.07) is 6.09. The molecule has 2 N–H and O–H groups in total. The molecule has 0 bridgehead atoms. The molecule has 1 unspecified atom stereocenters. The van der Waals surface area contributed by atoms with E-state index in [0.717, 1.165) is 23.2 Å². The van der Waals surface area contributed by atoms with Gasteiger partial charge in [-0.1, -0.05) is 30.9 Å². The summed E-state index contributed by atoms with van der Waals surface area (Å²) in [6.45, 7) is 3.80. The van der Waals surface area contributed by atoms with Crippen molar-refractivity contribution in [2.75, 3.05) is 27.2 Å². The summed E-state index contributed by atoms with van der Waals surface area (Å²) in [7, 11) is 4.31. The first-order valence-electron chi connectivity index (χ1n) is 9.95. The molecule has 1 aromatic carbocycles. The highest BCUT2D eigenvalue weighted by molar-refractivity contribution is 6.30. The number of halogens is 1. The van der Waals surface area contributed by atoms with E-state index in [1.165, 1.54) is 37.7 Å². The van der Waals surface area contributed by atoms with Gasteiger partial charge < -0.3 is 19.8 Å². The molecule has 0 amide bonds. The zero-order valence-electron chi connectivity index (χ0n) is 17.4. The minimum Gasteiger partial charge on any atom is -0.494 e. The number of nitrogens with zero attached hydrogens (tertiary/aromatic N) is 1. The Hall–Kier alpha value is -2.05. The third kappa shape index (κ3) is 9.81. The zero-order valence-corrected chi connectivity index (χ0v) is 18.2. The Bertz CT molecular complexity index is 668. The lowest BCUT2D eigenvalue weighted by atomic mass is 9.76. The van der Waals surface area contributed by atoms with Crippen molar-refractivity contribution < 1.29 is 24.5 Å². The van der Waals surface area contributed by atoms with E-state index >= 15 is 0 Å². The smallest absolute Gasteiger partial charge is 0.328 e. The highest BCUT2D eigenvalue weighted by atomic mass is 35.5. The predicted molar refractivity (Wildman–Crippen MR) is 115 cm³/mol. The van der Waals surface area contributed by atoms with Crippen molar-refractivity contribution in [1.82, 2.24) is 4.90 Å². The minimum absolute atomic E-state index is 0.514. The van der Waals surface area contributed by atoms with Crippen LogP contribution in [0.25, 0.3) is 0 Å². The van der Waals surface area contributed by atoms with E-state index in [-0.39, 0.29) is 0 Å². The van der Waals surface area contributed by atoms with Gasteiger partial charge in [0.1, 0.15) is 5.75 Å². The minimum atomic E-state index is -1.26. The van der Waals surface area contributed by atoms with Crippen LogP contribution in [-0.2, 0) is 9.59 Å². The molecule has 0 saturated heterocycles. The molecule has 1 aliphatic carbocycles. The second-order valence-electron chi connectivity index (χ2n) is 7.39. The molecule has 0 aromatic heterocycles. The fraction of sp³-hybridized carbons (Fsp3) is 0.545. The van der Waals surface area contributed by atoms with Crippen LogP contribution in [-0.4, -0.2) is 54.3 Å². The van der Waals surface area contributed by atoms with E-state index in [2.05, 4.69) is 25.1 Å². The van der Waals surface area contributed by atoms with E-state index in [9.17, 15) is 9.59 Å². The van der Waals surface area contributed by atoms with Crippen molar-refractivity contribution in [2.45, 2.75) is 44.9 Å². The van der Waals surface area contributed by atoms with E-state index in [4.69, 9.17) is 26.6 Å². The summed E-state index contributed by atoms with van der Waals surface area (Å²) < 4.78 is 5.87. The number of ether oxygens (including phenoxy) is 1. The molecule has 6 nitrogen and oxygen atoms in total. The molecule has 1 aromatic rings. The molecule has 162 valence electrons. The Morgan fingerprint density at radius 3 is 2.24 bits per heavy atom. The van der Waals surface area contributed by atoms with Crippen LogP contribution in [0.4, 0.5) is 0 Å². The molecule has 0 aliphatic heterocycles. The highest BCUT2D eigenvalue weighted by Gasteiger charge is 2.28. The molecule has 1 atom stereocenters. The maximum atomic E-state index is 9.55. The molecule has 0 heterocycles. The molecule has 7 heteroatoms. The van der Waals surface area contributed by atoms with Gasteiger partial charge in [-0.25, -0.2) is 9.59 Å². The first-order chi connectivity index (χ1) is 13.7. The number of hydrogen-bond acceptors (Lipinski definition) is 4. The number of hydrogen-bond donors (Lipinski definition) is 2. The molecule has 2 rings (SSSR count). The first-order valence-corrected chi connectivity index (χ1v) is 10.3. The Labute approximate surface area is 178 Å². The number of rotatable bonds is 8. The average Bonchev–Trinajstić information content (AvgIpc) is 2.67. The number of carboxylic acid groups (broad SMARTS) is 2. The van der Waals surface area contributed by atoms with Crippen molar-refractivity contribution >= 4 is 23.5 Å². The Morgan fingerprint density at radius 2 is 1.76 bits per heavy atom. The number of carboxylic acids is 2. The Kier molecular flexibility index (Phi) is 11.4. The molecule has 0 radical (unpaired) electrons. The largest absolute Gasteiger partial charge is 0.494 e. The van der Waals surface area contributed by atoms with Gasteiger partial charge in [-0.3, -0.25) is 0 Å². The van der Waals surface area contributed by atoms with Crippen LogP contribution in [0.2, 0.25) is 5.02 Å². The summed E-state index contributed by atoms with van der Waals surface area (Å²) in [5.74, 6) is -0.238. The van der Waals surface area contributed by atoms with Gasteiger partial charge in [0.15, 0.2) is 0 Å². The summed E-state index contributed by atoms with van der Waals surface area (Å²) in [5, 5.41) is 16.4. The SMILES string of the molecule is CCOc1ccc(Cl)cc1C(CN(C)C)C1CCCCC1.O=C(O)/C=C\C(=O)O. The second kappa shape index (κ2) is 13.2. The zero-order chi connectivity index (χ0) is 21.8. The van der Waals surface area contributed by atoms with Crippen LogP contribution >= 0.6 is 11.6 Å². The maximum absolute atomic E-state index is 9.55. The van der Waals surface area contributed by atoms with Gasteiger partial charge in [0, 0.05) is 35.2 Å². The molecular formula is C22H32ClNO5. The lowest BCUT2D eigenvalue weighted by Crippen LogP contribution is -2.27. The van der Waals surface area contributed by atoms with Crippen molar-refractivity contribution in [3.8, 4) is 5.75 Å². The molecule has 1 aliphatic rings. The highest BCUT2D eigenvalue weighted by Crippen LogP contribution is 2.40. The molecule has 0 spiro atoms. The molecule has 29 heavy (non-hydrogen) atoms. The van der Waals surface area contributed by atoms with E-state index < -0.39 is 11.9 Å². The number of carbonyl (C=O) groups is 2. The predicted octanol–water partition coefficient (Wildman–Crippen LogP) is 4.68. The number of aliphatic carboxylic acids is 2. The quantitative estimate of drug-likeness (QED) is 0.588. The topological polar surface area (TPSA) is 87.1 Å². The summed E-state index contributed by atoms with van der Waals surface area (Å²) >= 11 is 6.27. The normalized spacial score (nSPS) is 15.6. The van der Waals surface area contributed by atoms with Crippen LogP contribution in [0.3, 0.4) is 0 Å². The van der Waals surface area contributed by atoms with Crippen molar-refractivity contribution in [1.29, 1.82) is 0 Å². The third-order valence-electron chi connectivity index (χ3n) is 4.82. The molecule has 1 fully saturated rings. The summed E-state index contributed by atoms with van der Waals surface area (Å²) in [6.07, 6.45) is 7.88. The van der Waals surface area contributed by atoms with Crippen molar-refractivity contribution in [3.63, 3.8) is 0 Å². The third-order valence-corrected chi connectivity index (χ3v) is 5.06. The van der Waals surface area contributed by atoms with E-state index in [0.29, 0.717) is 24.7 Å². The van der Waals surface area contributed by atoms with Crippen molar-refractivity contribution in [2.24, 2.45) is 5.92 Å². The van der Waals surface area contributed by atoms with Crippen LogP contribution in [0.15, 0.2) is 30.4 Å². The van der Waals surface area contributed by atoms with Gasteiger partial charge in [0.2, 0.25) is 0 Å². The van der Waals surface area contributed by atoms with E-state index in [1.54, 1.807) is 0 Å². The van der Waals surface area contributed by atoms with Gasteiger partial charge >= 0.3 is 11.9 Å². The van der Waals surface area contributed by atoms with Crippen LogP contribution in [0.1, 0.15) is 50.5 Å². The Balaban J connectivity index is 0.000000447. The number of likely N-dealkylation sites (N-methyl/N-ethyl adjacent to an activating group) is 1. The van der Waals surface area contributed by atoms with Crippen molar-refractivity contribution in [3.05, 3.63) is 40.9 Å². The fourth-order valence-electron chi connectivity index (χ4n) is 3.67. The molecular weight excluding hydrogens is 394 g/mol. The number of benzene rings is 1. The summed E-state index contributed by atoms with van der Waals surface area (Å²) in [5.41, 5.74) is 1.30.